The minimum atomic E-state index is -0.111. The highest BCUT2D eigenvalue weighted by atomic mass is 127. The molecule has 0 saturated carbocycles. The van der Waals surface area contributed by atoms with Crippen molar-refractivity contribution in [3.63, 3.8) is 0 Å². The molecule has 6 nitrogen and oxygen atoms in total. The molecule has 2 N–H and O–H groups in total. The lowest BCUT2D eigenvalue weighted by Crippen LogP contribution is -3.00. The van der Waals surface area contributed by atoms with E-state index in [4.69, 9.17) is 0 Å². The zero-order valence-electron chi connectivity index (χ0n) is 16.6. The number of benzene rings is 1. The predicted molar refractivity (Wildman–Crippen MR) is 96.9 cm³/mol. The molecule has 0 aliphatic heterocycles. The van der Waals surface area contributed by atoms with Gasteiger partial charge in [0.25, 0.3) is 11.8 Å². The molecule has 0 spiro atoms. The van der Waals surface area contributed by atoms with Crippen molar-refractivity contribution < 1.29 is 66.5 Å². The Labute approximate surface area is 191 Å². The van der Waals surface area contributed by atoms with Crippen LogP contribution < -0.4 is 58.6 Å². The van der Waals surface area contributed by atoms with Crippen molar-refractivity contribution in [1.29, 1.82) is 0 Å². The summed E-state index contributed by atoms with van der Waals surface area (Å²) < 4.78 is 1.60. The number of quaternary nitrogens is 2. The van der Waals surface area contributed by atoms with Crippen LogP contribution in [0.25, 0.3) is 0 Å². The third kappa shape index (κ3) is 12.0. The molecule has 0 fully saturated rings. The third-order valence-electron chi connectivity index (χ3n) is 3.55. The number of nitrogens with one attached hydrogen (secondary N) is 2. The lowest BCUT2D eigenvalue weighted by Gasteiger charge is -2.24. The smallest absolute Gasteiger partial charge is 0.251 e. The Balaban J connectivity index is 0. The number of rotatable bonds is 8. The van der Waals surface area contributed by atoms with Crippen molar-refractivity contribution >= 4 is 11.8 Å². The lowest BCUT2D eigenvalue weighted by molar-refractivity contribution is -0.869. The fourth-order valence-electron chi connectivity index (χ4n) is 1.99. The molecular weight excluding hydrogens is 558 g/mol. The predicted octanol–water partition coefficient (Wildman–Crippen LogP) is -5.43. The normalized spacial score (nSPS) is 11.0. The fourth-order valence-corrected chi connectivity index (χ4v) is 1.99. The van der Waals surface area contributed by atoms with Crippen molar-refractivity contribution in [2.24, 2.45) is 0 Å². The first kappa shape index (κ1) is 27.8. The Morgan fingerprint density at radius 2 is 0.962 bits per heavy atom. The highest BCUT2D eigenvalue weighted by molar-refractivity contribution is 5.97. The first-order chi connectivity index (χ1) is 11.0. The van der Waals surface area contributed by atoms with Crippen LogP contribution in [0.15, 0.2) is 24.3 Å². The van der Waals surface area contributed by atoms with Gasteiger partial charge in [0.1, 0.15) is 0 Å². The van der Waals surface area contributed by atoms with Crippen LogP contribution in [0, 0.1) is 0 Å². The molecule has 150 valence electrons. The van der Waals surface area contributed by atoms with Gasteiger partial charge in [-0.05, 0) is 24.3 Å². The van der Waals surface area contributed by atoms with Crippen LogP contribution in [0.3, 0.4) is 0 Å². The molecule has 1 aromatic carbocycles. The standard InChI is InChI=1S/C18H30N4O2.2HI/c1-21(2,3)13-11-19-17(23)15-7-9-16(10-8-15)18(24)20-12-14-22(4,5)6;;/h7-10H,11-14H2,1-6H3;2*1H. The van der Waals surface area contributed by atoms with Gasteiger partial charge in [-0.2, -0.15) is 0 Å². The van der Waals surface area contributed by atoms with Gasteiger partial charge in [0.15, 0.2) is 0 Å². The van der Waals surface area contributed by atoms with Crippen LogP contribution in [0.2, 0.25) is 0 Å². The second-order valence-electron chi connectivity index (χ2n) is 8.12. The van der Waals surface area contributed by atoms with E-state index >= 15 is 0 Å². The number of carbonyl (C=O) groups excluding carboxylic acids is 2. The number of halogens is 2. The van der Waals surface area contributed by atoms with E-state index in [1.807, 2.05) is 0 Å². The molecule has 0 bridgehead atoms. The Morgan fingerprint density at radius 3 is 1.19 bits per heavy atom. The molecule has 8 heteroatoms. The SMILES string of the molecule is C[N+](C)(C)CCNC(=O)c1ccc(C(=O)NCC[N+](C)(C)C)cc1.[I-].[I-]. The van der Waals surface area contributed by atoms with E-state index in [2.05, 4.69) is 52.9 Å². The van der Waals surface area contributed by atoms with Crippen molar-refractivity contribution in [1.82, 2.24) is 10.6 Å². The summed E-state index contributed by atoms with van der Waals surface area (Å²) in [5.74, 6) is -0.221. The van der Waals surface area contributed by atoms with Gasteiger partial charge in [-0.15, -0.1) is 0 Å². The maximum Gasteiger partial charge on any atom is 0.251 e. The molecular formula is C18H32I2N4O2. The molecule has 0 aromatic heterocycles. The Morgan fingerprint density at radius 1 is 0.692 bits per heavy atom. The minimum Gasteiger partial charge on any atom is -1.00 e. The molecule has 0 aliphatic carbocycles. The summed E-state index contributed by atoms with van der Waals surface area (Å²) in [5, 5.41) is 5.80. The molecule has 0 atom stereocenters. The second kappa shape index (κ2) is 12.1. The third-order valence-corrected chi connectivity index (χ3v) is 3.55. The molecule has 1 aromatic rings. The molecule has 0 saturated heterocycles. The summed E-state index contributed by atoms with van der Waals surface area (Å²) in [6.45, 7) is 2.96. The van der Waals surface area contributed by atoms with Gasteiger partial charge in [-0.3, -0.25) is 9.59 Å². The Bertz CT molecular complexity index is 513. The number of amides is 2. The molecule has 1 rings (SSSR count). The first-order valence-electron chi connectivity index (χ1n) is 8.25. The van der Waals surface area contributed by atoms with Gasteiger partial charge in [-0.1, -0.05) is 0 Å². The monoisotopic (exact) mass is 590 g/mol. The van der Waals surface area contributed by atoms with Gasteiger partial charge in [0.2, 0.25) is 0 Å². The molecule has 0 radical (unpaired) electrons. The average Bonchev–Trinajstić information content (AvgIpc) is 2.44. The molecule has 0 aliphatic rings. The minimum absolute atomic E-state index is 0. The summed E-state index contributed by atoms with van der Waals surface area (Å²) in [7, 11) is 12.5. The number of hydrogen-bond donors (Lipinski definition) is 2. The van der Waals surface area contributed by atoms with E-state index in [1.54, 1.807) is 24.3 Å². The van der Waals surface area contributed by atoms with Crippen molar-refractivity contribution in [2.75, 3.05) is 68.5 Å². The van der Waals surface area contributed by atoms with Crippen LogP contribution >= 0.6 is 0 Å². The molecule has 0 unspecified atom stereocenters. The highest BCUT2D eigenvalue weighted by Crippen LogP contribution is 2.05. The van der Waals surface area contributed by atoms with Crippen molar-refractivity contribution in [2.45, 2.75) is 0 Å². The zero-order chi connectivity index (χ0) is 18.4. The number of carbonyl (C=O) groups is 2. The van der Waals surface area contributed by atoms with Gasteiger partial charge < -0.3 is 67.6 Å². The topological polar surface area (TPSA) is 58.2 Å². The van der Waals surface area contributed by atoms with Gasteiger partial charge in [0.05, 0.1) is 68.5 Å². The quantitative estimate of drug-likeness (QED) is 0.235. The van der Waals surface area contributed by atoms with Crippen molar-refractivity contribution in [3.8, 4) is 0 Å². The summed E-state index contributed by atoms with van der Waals surface area (Å²) in [5.41, 5.74) is 1.14. The summed E-state index contributed by atoms with van der Waals surface area (Å²) in [4.78, 5) is 24.1. The van der Waals surface area contributed by atoms with E-state index in [-0.39, 0.29) is 59.8 Å². The molecule has 2 amide bonds. The van der Waals surface area contributed by atoms with E-state index in [0.717, 1.165) is 22.1 Å². The largest absolute Gasteiger partial charge is 1.00 e. The number of likely N-dealkylation sites (N-methyl/N-ethyl adjacent to an activating group) is 2. The maximum atomic E-state index is 12.1. The van der Waals surface area contributed by atoms with Gasteiger partial charge >= 0.3 is 0 Å². The van der Waals surface area contributed by atoms with E-state index < -0.39 is 0 Å². The van der Waals surface area contributed by atoms with Gasteiger partial charge in [-0.25, -0.2) is 0 Å². The highest BCUT2D eigenvalue weighted by Gasteiger charge is 2.12. The average molecular weight is 590 g/mol. The van der Waals surface area contributed by atoms with Crippen LogP contribution in [0.5, 0.6) is 0 Å². The lowest BCUT2D eigenvalue weighted by atomic mass is 10.1. The summed E-state index contributed by atoms with van der Waals surface area (Å²) in [6.07, 6.45) is 0. The Kier molecular flexibility index (Phi) is 12.9. The molecule has 26 heavy (non-hydrogen) atoms. The summed E-state index contributed by atoms with van der Waals surface area (Å²) >= 11 is 0. The van der Waals surface area contributed by atoms with E-state index in [1.165, 1.54) is 0 Å². The van der Waals surface area contributed by atoms with Crippen LogP contribution in [0.4, 0.5) is 0 Å². The van der Waals surface area contributed by atoms with Crippen LogP contribution in [-0.2, 0) is 0 Å². The molecule has 0 heterocycles. The zero-order valence-corrected chi connectivity index (χ0v) is 20.9. The number of nitrogens with zero attached hydrogens (tertiary/aromatic N) is 2. The fraction of sp³-hybridized carbons (Fsp3) is 0.556. The van der Waals surface area contributed by atoms with E-state index in [0.29, 0.717) is 24.2 Å². The van der Waals surface area contributed by atoms with Crippen LogP contribution in [-0.4, -0.2) is 89.2 Å². The Hall–Kier alpha value is -0.460. The number of hydrogen-bond acceptors (Lipinski definition) is 2. The summed E-state index contributed by atoms with van der Waals surface area (Å²) in [6, 6.07) is 6.76. The van der Waals surface area contributed by atoms with Gasteiger partial charge in [0, 0.05) is 11.1 Å². The second-order valence-corrected chi connectivity index (χ2v) is 8.12. The van der Waals surface area contributed by atoms with Crippen LogP contribution in [0.1, 0.15) is 20.7 Å². The van der Waals surface area contributed by atoms with Crippen molar-refractivity contribution in [3.05, 3.63) is 35.4 Å². The van der Waals surface area contributed by atoms with E-state index in [9.17, 15) is 9.59 Å². The first-order valence-corrected chi connectivity index (χ1v) is 8.25. The maximum absolute atomic E-state index is 12.1.